The summed E-state index contributed by atoms with van der Waals surface area (Å²) in [4.78, 5) is 0. The van der Waals surface area contributed by atoms with Crippen LogP contribution in [0.4, 0.5) is 0 Å². The molecule has 0 fully saturated rings. The highest BCUT2D eigenvalue weighted by molar-refractivity contribution is 4.88. The molecule has 10 heavy (non-hydrogen) atoms. The van der Waals surface area contributed by atoms with Gasteiger partial charge in [0.25, 0.3) is 0 Å². The monoisotopic (exact) mass is 141 g/mol. The molecule has 0 saturated carbocycles. The Bertz CT molecular complexity index is 96.9. The molecule has 0 aromatic heterocycles. The summed E-state index contributed by atoms with van der Waals surface area (Å²) in [6, 6.07) is 0. The van der Waals surface area contributed by atoms with Crippen LogP contribution in [0.25, 0.3) is 0 Å². The fourth-order valence-corrected chi connectivity index (χ4v) is 0.750. The molecule has 1 nitrogen and oxygen atoms in total. The topological polar surface area (TPSA) is 12.0 Å². The van der Waals surface area contributed by atoms with Crippen molar-refractivity contribution in [1.82, 2.24) is 5.32 Å². The quantitative estimate of drug-likeness (QED) is 0.620. The van der Waals surface area contributed by atoms with E-state index in [4.69, 9.17) is 0 Å². The third kappa shape index (κ3) is 4.42. The number of allylic oxidation sites excluding steroid dienone is 1. The second kappa shape index (κ2) is 5.33. The van der Waals surface area contributed by atoms with Crippen molar-refractivity contribution in [2.24, 2.45) is 5.92 Å². The summed E-state index contributed by atoms with van der Waals surface area (Å²) in [5.41, 5.74) is 1.15. The highest BCUT2D eigenvalue weighted by Crippen LogP contribution is 2.11. The van der Waals surface area contributed by atoms with E-state index in [1.807, 2.05) is 7.05 Å². The van der Waals surface area contributed by atoms with E-state index in [1.165, 1.54) is 12.8 Å². The van der Waals surface area contributed by atoms with E-state index in [9.17, 15) is 0 Å². The van der Waals surface area contributed by atoms with Crippen molar-refractivity contribution in [3.63, 3.8) is 0 Å². The van der Waals surface area contributed by atoms with Crippen molar-refractivity contribution in [2.75, 3.05) is 7.05 Å². The second-order valence-electron chi connectivity index (χ2n) is 2.91. The Morgan fingerprint density at radius 3 is 2.60 bits per heavy atom. The molecule has 1 N–H and O–H groups in total. The zero-order valence-electron chi connectivity index (χ0n) is 7.41. The summed E-state index contributed by atoms with van der Waals surface area (Å²) < 4.78 is 0. The molecule has 0 aromatic carbocycles. The lowest BCUT2D eigenvalue weighted by Gasteiger charge is -2.08. The molecule has 0 aliphatic carbocycles. The SMILES string of the molecule is C=C(CCC(C)CC)NC. The first-order valence-corrected chi connectivity index (χ1v) is 4.06. The third-order valence-corrected chi connectivity index (χ3v) is 1.99. The fourth-order valence-electron chi connectivity index (χ4n) is 0.750. The number of hydrogen-bond acceptors (Lipinski definition) is 1. The second-order valence-corrected chi connectivity index (χ2v) is 2.91. The van der Waals surface area contributed by atoms with Gasteiger partial charge in [0.15, 0.2) is 0 Å². The largest absolute Gasteiger partial charge is 0.392 e. The lowest BCUT2D eigenvalue weighted by atomic mass is 10.0. The van der Waals surface area contributed by atoms with Gasteiger partial charge in [0.05, 0.1) is 0 Å². The van der Waals surface area contributed by atoms with Gasteiger partial charge in [0.1, 0.15) is 0 Å². The fraction of sp³-hybridized carbons (Fsp3) is 0.778. The normalized spacial score (nSPS) is 12.7. The molecule has 0 saturated heterocycles. The van der Waals surface area contributed by atoms with Crippen LogP contribution in [0.15, 0.2) is 12.3 Å². The molecule has 0 heterocycles. The number of rotatable bonds is 5. The summed E-state index contributed by atoms with van der Waals surface area (Å²) in [5.74, 6) is 0.838. The van der Waals surface area contributed by atoms with Crippen LogP contribution in [-0.2, 0) is 0 Å². The standard InChI is InChI=1S/C9H19N/c1-5-8(2)6-7-9(3)10-4/h8,10H,3,5-7H2,1-2,4H3. The van der Waals surface area contributed by atoms with E-state index in [1.54, 1.807) is 0 Å². The van der Waals surface area contributed by atoms with Gasteiger partial charge in [-0.3, -0.25) is 0 Å². The summed E-state index contributed by atoms with van der Waals surface area (Å²) in [7, 11) is 1.93. The molecular weight excluding hydrogens is 122 g/mol. The van der Waals surface area contributed by atoms with Crippen molar-refractivity contribution in [2.45, 2.75) is 33.1 Å². The highest BCUT2D eigenvalue weighted by atomic mass is 14.8. The minimum absolute atomic E-state index is 0.838. The van der Waals surface area contributed by atoms with E-state index >= 15 is 0 Å². The van der Waals surface area contributed by atoms with Crippen molar-refractivity contribution in [3.05, 3.63) is 12.3 Å². The van der Waals surface area contributed by atoms with Crippen LogP contribution in [-0.4, -0.2) is 7.05 Å². The van der Waals surface area contributed by atoms with Gasteiger partial charge in [-0.15, -0.1) is 0 Å². The zero-order chi connectivity index (χ0) is 7.98. The first-order valence-electron chi connectivity index (χ1n) is 4.06. The lowest BCUT2D eigenvalue weighted by molar-refractivity contribution is 0.510. The molecule has 1 heteroatoms. The minimum atomic E-state index is 0.838. The van der Waals surface area contributed by atoms with Gasteiger partial charge in [-0.2, -0.15) is 0 Å². The van der Waals surface area contributed by atoms with Crippen molar-refractivity contribution in [1.29, 1.82) is 0 Å². The molecule has 1 unspecified atom stereocenters. The Kier molecular flexibility index (Phi) is 5.09. The Hall–Kier alpha value is -0.460. The van der Waals surface area contributed by atoms with Gasteiger partial charge in [0, 0.05) is 12.7 Å². The zero-order valence-corrected chi connectivity index (χ0v) is 7.41. The van der Waals surface area contributed by atoms with E-state index in [0.717, 1.165) is 18.0 Å². The molecule has 0 aliphatic heterocycles. The van der Waals surface area contributed by atoms with Crippen molar-refractivity contribution >= 4 is 0 Å². The van der Waals surface area contributed by atoms with E-state index < -0.39 is 0 Å². The van der Waals surface area contributed by atoms with Crippen LogP contribution in [0.3, 0.4) is 0 Å². The van der Waals surface area contributed by atoms with Gasteiger partial charge in [-0.05, 0) is 18.8 Å². The van der Waals surface area contributed by atoms with Gasteiger partial charge >= 0.3 is 0 Å². The Morgan fingerprint density at radius 2 is 2.20 bits per heavy atom. The maximum absolute atomic E-state index is 3.87. The summed E-state index contributed by atoms with van der Waals surface area (Å²) >= 11 is 0. The van der Waals surface area contributed by atoms with Gasteiger partial charge in [0.2, 0.25) is 0 Å². The van der Waals surface area contributed by atoms with Crippen LogP contribution >= 0.6 is 0 Å². The highest BCUT2D eigenvalue weighted by Gasteiger charge is 1.98. The lowest BCUT2D eigenvalue weighted by Crippen LogP contribution is -2.05. The number of nitrogens with one attached hydrogen (secondary N) is 1. The van der Waals surface area contributed by atoms with Gasteiger partial charge < -0.3 is 5.32 Å². The molecule has 60 valence electrons. The Balaban J connectivity index is 3.26. The molecular formula is C9H19N. The number of hydrogen-bond donors (Lipinski definition) is 1. The van der Waals surface area contributed by atoms with Crippen molar-refractivity contribution in [3.8, 4) is 0 Å². The van der Waals surface area contributed by atoms with Gasteiger partial charge in [-0.25, -0.2) is 0 Å². The maximum atomic E-state index is 3.87. The molecule has 0 amide bonds. The maximum Gasteiger partial charge on any atom is 0.00311 e. The van der Waals surface area contributed by atoms with Crippen LogP contribution in [0.1, 0.15) is 33.1 Å². The first kappa shape index (κ1) is 9.54. The van der Waals surface area contributed by atoms with Crippen LogP contribution in [0, 0.1) is 5.92 Å². The molecule has 0 bridgehead atoms. The van der Waals surface area contributed by atoms with Crippen LogP contribution < -0.4 is 5.32 Å². The van der Waals surface area contributed by atoms with Crippen molar-refractivity contribution < 1.29 is 0 Å². The minimum Gasteiger partial charge on any atom is -0.392 e. The molecule has 0 rings (SSSR count). The predicted octanol–water partition coefficient (Wildman–Crippen LogP) is 2.55. The summed E-state index contributed by atoms with van der Waals surface area (Å²) in [6.45, 7) is 8.38. The predicted molar refractivity (Wildman–Crippen MR) is 46.9 cm³/mol. The average Bonchev–Trinajstić information content (AvgIpc) is 1.99. The van der Waals surface area contributed by atoms with Gasteiger partial charge in [-0.1, -0.05) is 26.8 Å². The molecule has 0 spiro atoms. The molecule has 0 aliphatic rings. The summed E-state index contributed by atoms with van der Waals surface area (Å²) in [6.07, 6.45) is 3.65. The van der Waals surface area contributed by atoms with Crippen LogP contribution in [0.2, 0.25) is 0 Å². The van der Waals surface area contributed by atoms with E-state index in [0.29, 0.717) is 0 Å². The smallest absolute Gasteiger partial charge is 0.00311 e. The van der Waals surface area contributed by atoms with E-state index in [2.05, 4.69) is 25.7 Å². The van der Waals surface area contributed by atoms with Crippen LogP contribution in [0.5, 0.6) is 0 Å². The molecule has 1 atom stereocenters. The first-order chi connectivity index (χ1) is 4.70. The average molecular weight is 141 g/mol. The Labute approximate surface area is 64.5 Å². The van der Waals surface area contributed by atoms with E-state index in [-0.39, 0.29) is 0 Å². The molecule has 0 radical (unpaired) electrons. The Morgan fingerprint density at radius 1 is 1.60 bits per heavy atom. The molecule has 0 aromatic rings. The third-order valence-electron chi connectivity index (χ3n) is 1.99. The summed E-state index contributed by atoms with van der Waals surface area (Å²) in [5, 5.41) is 3.05.